The van der Waals surface area contributed by atoms with Crippen molar-refractivity contribution in [3.05, 3.63) is 14.2 Å². The minimum atomic E-state index is -3.84. The Morgan fingerprint density at radius 3 is 2.78 bits per heavy atom. The SMILES string of the molecule is O=C(O)[C@H]1CCCN1S(=O)(=O)c1cc(Br)sc1Cl. The highest BCUT2D eigenvalue weighted by molar-refractivity contribution is 9.11. The Kier molecular flexibility index (Phi) is 4.03. The third-order valence-electron chi connectivity index (χ3n) is 2.70. The van der Waals surface area contributed by atoms with Crippen molar-refractivity contribution in [3.63, 3.8) is 0 Å². The fourth-order valence-corrected chi connectivity index (χ4v) is 6.29. The number of rotatable bonds is 3. The standard InChI is InChI=1S/C9H9BrClNO4S2/c10-7-4-6(8(11)17-7)18(15,16)12-3-1-2-5(12)9(13)14/h4-5H,1-3H2,(H,13,14)/t5-/m1/s1. The quantitative estimate of drug-likeness (QED) is 0.881. The monoisotopic (exact) mass is 373 g/mol. The molecule has 2 rings (SSSR count). The van der Waals surface area contributed by atoms with Crippen LogP contribution in [0.3, 0.4) is 0 Å². The minimum absolute atomic E-state index is 0.0332. The van der Waals surface area contributed by atoms with E-state index in [9.17, 15) is 13.2 Å². The largest absolute Gasteiger partial charge is 0.480 e. The van der Waals surface area contributed by atoms with Gasteiger partial charge in [-0.3, -0.25) is 4.79 Å². The lowest BCUT2D eigenvalue weighted by atomic mass is 10.2. The van der Waals surface area contributed by atoms with Crippen molar-refractivity contribution in [1.29, 1.82) is 0 Å². The maximum atomic E-state index is 12.3. The van der Waals surface area contributed by atoms with E-state index in [0.29, 0.717) is 16.6 Å². The molecule has 0 aromatic carbocycles. The van der Waals surface area contributed by atoms with Crippen LogP contribution in [0.4, 0.5) is 0 Å². The number of nitrogens with zero attached hydrogens (tertiary/aromatic N) is 1. The molecule has 18 heavy (non-hydrogen) atoms. The lowest BCUT2D eigenvalue weighted by molar-refractivity contribution is -0.140. The average Bonchev–Trinajstić information content (AvgIpc) is 2.84. The molecule has 1 aliphatic rings. The third kappa shape index (κ3) is 2.44. The number of hydrogen-bond donors (Lipinski definition) is 1. The van der Waals surface area contributed by atoms with Crippen molar-refractivity contribution < 1.29 is 18.3 Å². The van der Waals surface area contributed by atoms with Crippen LogP contribution in [0.15, 0.2) is 14.7 Å². The summed E-state index contributed by atoms with van der Waals surface area (Å²) in [5, 5.41) is 9.02. The number of carbonyl (C=O) groups is 1. The van der Waals surface area contributed by atoms with Gasteiger partial charge in [-0.1, -0.05) is 11.6 Å². The van der Waals surface area contributed by atoms with Crippen LogP contribution >= 0.6 is 38.9 Å². The van der Waals surface area contributed by atoms with Crippen molar-refractivity contribution in [2.45, 2.75) is 23.8 Å². The molecule has 0 unspecified atom stereocenters. The van der Waals surface area contributed by atoms with Gasteiger partial charge in [0.05, 0.1) is 3.79 Å². The van der Waals surface area contributed by atoms with Gasteiger partial charge in [0.25, 0.3) is 0 Å². The van der Waals surface area contributed by atoms with E-state index in [1.807, 2.05) is 0 Å². The molecule has 1 saturated heterocycles. The second-order valence-electron chi connectivity index (χ2n) is 3.80. The Bertz CT molecular complexity index is 585. The molecule has 1 N–H and O–H groups in total. The molecule has 1 fully saturated rings. The van der Waals surface area contributed by atoms with Crippen molar-refractivity contribution in [3.8, 4) is 0 Å². The Morgan fingerprint density at radius 2 is 2.28 bits per heavy atom. The summed E-state index contributed by atoms with van der Waals surface area (Å²) in [6.45, 7) is 0.211. The highest BCUT2D eigenvalue weighted by atomic mass is 79.9. The van der Waals surface area contributed by atoms with E-state index in [-0.39, 0.29) is 15.8 Å². The first kappa shape index (κ1) is 14.3. The fourth-order valence-electron chi connectivity index (χ4n) is 1.90. The molecule has 9 heteroatoms. The van der Waals surface area contributed by atoms with Crippen molar-refractivity contribution >= 4 is 54.9 Å². The topological polar surface area (TPSA) is 74.7 Å². The van der Waals surface area contributed by atoms with Gasteiger partial charge in [-0.05, 0) is 34.8 Å². The average molecular weight is 375 g/mol. The molecule has 1 atom stereocenters. The van der Waals surface area contributed by atoms with Crippen LogP contribution in [0, 0.1) is 0 Å². The second-order valence-corrected chi connectivity index (χ2v) is 8.69. The minimum Gasteiger partial charge on any atom is -0.480 e. The first-order valence-corrected chi connectivity index (χ1v) is 8.46. The second kappa shape index (κ2) is 5.09. The van der Waals surface area contributed by atoms with E-state index in [0.717, 1.165) is 15.6 Å². The van der Waals surface area contributed by atoms with Crippen molar-refractivity contribution in [1.82, 2.24) is 4.31 Å². The Morgan fingerprint density at radius 1 is 1.61 bits per heavy atom. The van der Waals surface area contributed by atoms with Crippen molar-refractivity contribution in [2.24, 2.45) is 0 Å². The van der Waals surface area contributed by atoms with Gasteiger partial charge in [-0.15, -0.1) is 11.3 Å². The molecular weight excluding hydrogens is 366 g/mol. The number of sulfonamides is 1. The van der Waals surface area contributed by atoms with Crippen LogP contribution in [0.1, 0.15) is 12.8 Å². The fraction of sp³-hybridized carbons (Fsp3) is 0.444. The van der Waals surface area contributed by atoms with Crippen LogP contribution < -0.4 is 0 Å². The Hall–Kier alpha value is -0.150. The molecule has 0 radical (unpaired) electrons. The number of carboxylic acids is 1. The van der Waals surface area contributed by atoms with Gasteiger partial charge in [0, 0.05) is 6.54 Å². The molecule has 1 aromatic heterocycles. The summed E-state index contributed by atoms with van der Waals surface area (Å²) in [5.74, 6) is -1.12. The number of hydrogen-bond acceptors (Lipinski definition) is 4. The molecular formula is C9H9BrClNO4S2. The van der Waals surface area contributed by atoms with Gasteiger partial charge in [0.1, 0.15) is 15.3 Å². The Balaban J connectivity index is 2.43. The summed E-state index contributed by atoms with van der Waals surface area (Å²) in [5.41, 5.74) is 0. The van der Waals surface area contributed by atoms with Gasteiger partial charge in [-0.2, -0.15) is 4.31 Å². The maximum absolute atomic E-state index is 12.3. The zero-order valence-corrected chi connectivity index (χ0v) is 12.9. The smallest absolute Gasteiger partial charge is 0.322 e. The Labute approximate surface area is 122 Å². The molecule has 0 saturated carbocycles. The normalized spacial score (nSPS) is 21.3. The van der Waals surface area contributed by atoms with E-state index < -0.39 is 22.0 Å². The third-order valence-corrected chi connectivity index (χ3v) is 6.74. The van der Waals surface area contributed by atoms with E-state index in [4.69, 9.17) is 16.7 Å². The first-order valence-electron chi connectivity index (χ1n) is 5.03. The van der Waals surface area contributed by atoms with Crippen LogP contribution in [0.5, 0.6) is 0 Å². The summed E-state index contributed by atoms with van der Waals surface area (Å²) in [6, 6.07) is 0.407. The predicted octanol–water partition coefficient (Wildman–Crippen LogP) is 2.40. The lowest BCUT2D eigenvalue weighted by Crippen LogP contribution is -2.40. The summed E-state index contributed by atoms with van der Waals surface area (Å²) >= 11 is 10.1. The van der Waals surface area contributed by atoms with Gasteiger partial charge < -0.3 is 5.11 Å². The molecule has 0 aliphatic carbocycles. The molecule has 1 aromatic rings. The van der Waals surface area contributed by atoms with Gasteiger partial charge in [0.15, 0.2) is 0 Å². The summed E-state index contributed by atoms with van der Waals surface area (Å²) < 4.78 is 26.4. The highest BCUT2D eigenvalue weighted by Crippen LogP contribution is 2.37. The molecule has 2 heterocycles. The van der Waals surface area contributed by atoms with Gasteiger partial charge in [-0.25, -0.2) is 8.42 Å². The van der Waals surface area contributed by atoms with Crippen LogP contribution in [0.2, 0.25) is 4.34 Å². The van der Waals surface area contributed by atoms with E-state index in [2.05, 4.69) is 15.9 Å². The summed E-state index contributed by atoms with van der Waals surface area (Å²) in [6.07, 6.45) is 0.872. The lowest BCUT2D eigenvalue weighted by Gasteiger charge is -2.20. The number of halogens is 2. The summed E-state index contributed by atoms with van der Waals surface area (Å²) in [7, 11) is -3.84. The van der Waals surface area contributed by atoms with E-state index in [1.54, 1.807) is 0 Å². The zero-order chi connectivity index (χ0) is 13.5. The summed E-state index contributed by atoms with van der Waals surface area (Å²) in [4.78, 5) is 11.0. The number of thiophene rings is 1. The van der Waals surface area contributed by atoms with Gasteiger partial charge >= 0.3 is 5.97 Å². The molecule has 100 valence electrons. The van der Waals surface area contributed by atoms with Crippen LogP contribution in [-0.4, -0.2) is 36.4 Å². The molecule has 0 amide bonds. The van der Waals surface area contributed by atoms with Crippen LogP contribution in [0.25, 0.3) is 0 Å². The van der Waals surface area contributed by atoms with E-state index in [1.165, 1.54) is 6.07 Å². The zero-order valence-electron chi connectivity index (χ0n) is 8.97. The highest BCUT2D eigenvalue weighted by Gasteiger charge is 2.40. The van der Waals surface area contributed by atoms with E-state index >= 15 is 0 Å². The molecule has 1 aliphatic heterocycles. The molecule has 0 spiro atoms. The first-order chi connectivity index (χ1) is 8.34. The molecule has 5 nitrogen and oxygen atoms in total. The van der Waals surface area contributed by atoms with Gasteiger partial charge in [0.2, 0.25) is 10.0 Å². The predicted molar refractivity (Wildman–Crippen MR) is 71.6 cm³/mol. The van der Waals surface area contributed by atoms with Crippen LogP contribution in [-0.2, 0) is 14.8 Å². The molecule has 0 bridgehead atoms. The van der Waals surface area contributed by atoms with Crippen molar-refractivity contribution in [2.75, 3.05) is 6.54 Å². The number of carboxylic acid groups (broad SMARTS) is 1. The number of aliphatic carboxylic acids is 1. The maximum Gasteiger partial charge on any atom is 0.322 e.